The molecule has 1 fully saturated rings. The standard InChI is InChI=1S/C9H14F2O2/c1-9(10,11)5-7(6-3-4-6)8(12)13-2/h6-7H,3-5H2,1-2H3. The van der Waals surface area contributed by atoms with Gasteiger partial charge in [-0.3, -0.25) is 4.79 Å². The SMILES string of the molecule is COC(=O)C(CC(C)(F)F)C1CC1. The zero-order chi connectivity index (χ0) is 10.1. The summed E-state index contributed by atoms with van der Waals surface area (Å²) in [4.78, 5) is 11.1. The van der Waals surface area contributed by atoms with E-state index >= 15 is 0 Å². The van der Waals surface area contributed by atoms with Crippen LogP contribution >= 0.6 is 0 Å². The van der Waals surface area contributed by atoms with Gasteiger partial charge >= 0.3 is 5.97 Å². The molecule has 1 aliphatic rings. The van der Waals surface area contributed by atoms with Crippen LogP contribution in [0.2, 0.25) is 0 Å². The van der Waals surface area contributed by atoms with Crippen molar-refractivity contribution in [1.82, 2.24) is 0 Å². The van der Waals surface area contributed by atoms with Crippen LogP contribution in [0.25, 0.3) is 0 Å². The highest BCUT2D eigenvalue weighted by atomic mass is 19.3. The number of rotatable bonds is 4. The third-order valence-electron chi connectivity index (χ3n) is 2.27. The first-order valence-corrected chi connectivity index (χ1v) is 4.39. The molecule has 1 rings (SSSR count). The largest absolute Gasteiger partial charge is 0.469 e. The third kappa shape index (κ3) is 3.28. The maximum atomic E-state index is 12.6. The number of esters is 1. The van der Waals surface area contributed by atoms with E-state index in [2.05, 4.69) is 4.74 Å². The molecule has 0 radical (unpaired) electrons. The van der Waals surface area contributed by atoms with Gasteiger partial charge in [0.1, 0.15) is 0 Å². The van der Waals surface area contributed by atoms with E-state index in [9.17, 15) is 13.6 Å². The van der Waals surface area contributed by atoms with Crippen LogP contribution in [0.5, 0.6) is 0 Å². The highest BCUT2D eigenvalue weighted by Crippen LogP contribution is 2.42. The predicted molar refractivity (Wildman–Crippen MR) is 43.5 cm³/mol. The number of carbonyl (C=O) groups is 1. The summed E-state index contributed by atoms with van der Waals surface area (Å²) >= 11 is 0. The van der Waals surface area contributed by atoms with Crippen molar-refractivity contribution in [2.45, 2.75) is 32.1 Å². The normalized spacial score (nSPS) is 19.7. The zero-order valence-corrected chi connectivity index (χ0v) is 7.85. The van der Waals surface area contributed by atoms with Crippen LogP contribution < -0.4 is 0 Å². The molecule has 4 heteroatoms. The molecule has 0 saturated heterocycles. The van der Waals surface area contributed by atoms with Gasteiger partial charge in [-0.05, 0) is 25.7 Å². The van der Waals surface area contributed by atoms with Crippen LogP contribution in [0.3, 0.4) is 0 Å². The molecule has 0 amide bonds. The summed E-state index contributed by atoms with van der Waals surface area (Å²) in [6, 6.07) is 0. The van der Waals surface area contributed by atoms with Gasteiger partial charge in [-0.1, -0.05) is 0 Å². The van der Waals surface area contributed by atoms with E-state index in [1.54, 1.807) is 0 Å². The summed E-state index contributed by atoms with van der Waals surface area (Å²) in [7, 11) is 1.24. The second-order valence-corrected chi connectivity index (χ2v) is 3.74. The summed E-state index contributed by atoms with van der Waals surface area (Å²) in [6.45, 7) is 0.839. The van der Waals surface area contributed by atoms with Crippen molar-refractivity contribution in [3.63, 3.8) is 0 Å². The molecule has 1 unspecified atom stereocenters. The number of halogens is 2. The monoisotopic (exact) mass is 192 g/mol. The Morgan fingerprint density at radius 2 is 2.15 bits per heavy atom. The first-order chi connectivity index (χ1) is 5.94. The Hall–Kier alpha value is -0.670. The molecule has 0 heterocycles. The molecule has 2 nitrogen and oxygen atoms in total. The molecular weight excluding hydrogens is 178 g/mol. The molecule has 13 heavy (non-hydrogen) atoms. The molecule has 0 N–H and O–H groups in total. The van der Waals surface area contributed by atoms with Gasteiger partial charge in [-0.15, -0.1) is 0 Å². The number of carbonyl (C=O) groups excluding carboxylic acids is 1. The number of hydrogen-bond acceptors (Lipinski definition) is 2. The minimum absolute atomic E-state index is 0.123. The van der Waals surface area contributed by atoms with Gasteiger partial charge in [0.25, 0.3) is 0 Å². The van der Waals surface area contributed by atoms with E-state index in [1.807, 2.05) is 0 Å². The van der Waals surface area contributed by atoms with Gasteiger partial charge in [0.05, 0.1) is 13.0 Å². The lowest BCUT2D eigenvalue weighted by Gasteiger charge is -2.17. The van der Waals surface area contributed by atoms with Gasteiger partial charge in [-0.25, -0.2) is 8.78 Å². The van der Waals surface area contributed by atoms with Crippen LogP contribution in [0.1, 0.15) is 26.2 Å². The van der Waals surface area contributed by atoms with Crippen molar-refractivity contribution < 1.29 is 18.3 Å². The van der Waals surface area contributed by atoms with Crippen molar-refractivity contribution in [1.29, 1.82) is 0 Å². The number of hydrogen-bond donors (Lipinski definition) is 0. The second kappa shape index (κ2) is 3.60. The molecule has 0 aromatic rings. The van der Waals surface area contributed by atoms with E-state index < -0.39 is 17.8 Å². The van der Waals surface area contributed by atoms with Crippen LogP contribution in [0.4, 0.5) is 8.78 Å². The Kier molecular flexibility index (Phi) is 2.88. The van der Waals surface area contributed by atoms with Gasteiger partial charge in [0, 0.05) is 6.42 Å². The Labute approximate surface area is 76.3 Å². The van der Waals surface area contributed by atoms with Crippen molar-refractivity contribution >= 4 is 5.97 Å². The Bertz CT molecular complexity index is 194. The topological polar surface area (TPSA) is 26.3 Å². The maximum Gasteiger partial charge on any atom is 0.309 e. The number of alkyl halides is 2. The van der Waals surface area contributed by atoms with Gasteiger partial charge in [0.2, 0.25) is 5.92 Å². The molecule has 0 aromatic heterocycles. The van der Waals surface area contributed by atoms with E-state index in [-0.39, 0.29) is 12.3 Å². The molecule has 0 bridgehead atoms. The maximum absolute atomic E-state index is 12.6. The zero-order valence-electron chi connectivity index (χ0n) is 7.85. The Balaban J connectivity index is 2.52. The summed E-state index contributed by atoms with van der Waals surface area (Å²) in [6.07, 6.45) is 1.36. The lowest BCUT2D eigenvalue weighted by Crippen LogP contribution is -2.25. The van der Waals surface area contributed by atoms with Crippen LogP contribution in [-0.4, -0.2) is 19.0 Å². The molecule has 0 spiro atoms. The number of methoxy groups -OCH3 is 1. The van der Waals surface area contributed by atoms with Gasteiger partial charge in [-0.2, -0.15) is 0 Å². The highest BCUT2D eigenvalue weighted by molar-refractivity contribution is 5.73. The van der Waals surface area contributed by atoms with Crippen molar-refractivity contribution in [2.75, 3.05) is 7.11 Å². The second-order valence-electron chi connectivity index (χ2n) is 3.74. The van der Waals surface area contributed by atoms with E-state index in [1.165, 1.54) is 7.11 Å². The Morgan fingerprint density at radius 3 is 2.46 bits per heavy atom. The van der Waals surface area contributed by atoms with Crippen LogP contribution in [-0.2, 0) is 9.53 Å². The molecule has 76 valence electrons. The minimum Gasteiger partial charge on any atom is -0.469 e. The van der Waals surface area contributed by atoms with Gasteiger partial charge < -0.3 is 4.74 Å². The first-order valence-electron chi connectivity index (χ1n) is 4.39. The molecule has 1 atom stereocenters. The third-order valence-corrected chi connectivity index (χ3v) is 2.27. The molecular formula is C9H14F2O2. The Morgan fingerprint density at radius 1 is 1.62 bits per heavy atom. The summed E-state index contributed by atoms with van der Waals surface area (Å²) in [5, 5.41) is 0. The molecule has 1 aliphatic carbocycles. The minimum atomic E-state index is -2.78. The first kappa shape index (κ1) is 10.4. The van der Waals surface area contributed by atoms with E-state index in [0.717, 1.165) is 19.8 Å². The summed E-state index contributed by atoms with van der Waals surface area (Å²) < 4.78 is 29.8. The molecule has 0 aliphatic heterocycles. The van der Waals surface area contributed by atoms with E-state index in [4.69, 9.17) is 0 Å². The lowest BCUT2D eigenvalue weighted by molar-refractivity contribution is -0.149. The predicted octanol–water partition coefficient (Wildman–Crippen LogP) is 2.23. The van der Waals surface area contributed by atoms with Crippen molar-refractivity contribution in [3.05, 3.63) is 0 Å². The molecule has 1 saturated carbocycles. The molecule has 0 aromatic carbocycles. The van der Waals surface area contributed by atoms with Crippen LogP contribution in [0.15, 0.2) is 0 Å². The fraction of sp³-hybridized carbons (Fsp3) is 0.889. The average molecular weight is 192 g/mol. The smallest absolute Gasteiger partial charge is 0.309 e. The highest BCUT2D eigenvalue weighted by Gasteiger charge is 2.41. The summed E-state index contributed by atoms with van der Waals surface area (Å²) in [5.74, 6) is -3.76. The van der Waals surface area contributed by atoms with Crippen LogP contribution in [0, 0.1) is 11.8 Å². The van der Waals surface area contributed by atoms with Crippen molar-refractivity contribution in [3.8, 4) is 0 Å². The van der Waals surface area contributed by atoms with Crippen molar-refractivity contribution in [2.24, 2.45) is 11.8 Å². The van der Waals surface area contributed by atoms with E-state index in [0.29, 0.717) is 0 Å². The quantitative estimate of drug-likeness (QED) is 0.638. The average Bonchev–Trinajstić information content (AvgIpc) is 2.79. The fourth-order valence-corrected chi connectivity index (χ4v) is 1.48. The number of ether oxygens (including phenoxy) is 1. The van der Waals surface area contributed by atoms with Gasteiger partial charge in [0.15, 0.2) is 0 Å². The lowest BCUT2D eigenvalue weighted by atomic mass is 9.96. The summed E-state index contributed by atoms with van der Waals surface area (Å²) in [5.41, 5.74) is 0. The fourth-order valence-electron chi connectivity index (χ4n) is 1.48.